The highest BCUT2D eigenvalue weighted by molar-refractivity contribution is 7.92. The van der Waals surface area contributed by atoms with Gasteiger partial charge in [-0.1, -0.05) is 67.7 Å². The van der Waals surface area contributed by atoms with E-state index in [2.05, 4.69) is 16.0 Å². The van der Waals surface area contributed by atoms with Gasteiger partial charge in [-0.15, -0.1) is 0 Å². The van der Waals surface area contributed by atoms with Crippen LogP contribution in [0.25, 0.3) is 0 Å². The second-order valence-electron chi connectivity index (χ2n) is 17.6. The average Bonchev–Trinajstić information content (AvgIpc) is 3.17. The summed E-state index contributed by atoms with van der Waals surface area (Å²) in [5.74, 6) is -3.02. The molecule has 3 rings (SSSR count). The number of hydrogen-bond donors (Lipinski definition) is 4. The summed E-state index contributed by atoms with van der Waals surface area (Å²) in [5.41, 5.74) is 3.23. The molecule has 2 saturated carbocycles. The van der Waals surface area contributed by atoms with Crippen LogP contribution < -0.4 is 21.7 Å². The van der Waals surface area contributed by atoms with Crippen LogP contribution in [0.1, 0.15) is 108 Å². The average molecular weight is 682 g/mol. The van der Waals surface area contributed by atoms with Crippen molar-refractivity contribution in [2.24, 2.45) is 40.2 Å². The van der Waals surface area contributed by atoms with Gasteiger partial charge in [0.25, 0.3) is 5.91 Å². The third-order valence-electron chi connectivity index (χ3n) is 10.5. The van der Waals surface area contributed by atoms with Crippen molar-refractivity contribution >= 4 is 39.4 Å². The lowest BCUT2D eigenvalue weighted by molar-refractivity contribution is -0.145. The topological polar surface area (TPSA) is 185 Å². The number of ketones is 1. The van der Waals surface area contributed by atoms with Gasteiger partial charge < -0.3 is 26.6 Å². The molecule has 0 spiro atoms. The first-order valence-electron chi connectivity index (χ1n) is 17.0. The molecule has 5 amide bonds. The van der Waals surface area contributed by atoms with E-state index in [1.54, 1.807) is 27.7 Å². The van der Waals surface area contributed by atoms with Gasteiger partial charge in [0.1, 0.15) is 12.1 Å². The highest BCUT2D eigenvalue weighted by Gasteiger charge is 2.70. The summed E-state index contributed by atoms with van der Waals surface area (Å²) in [4.78, 5) is 68.0. The van der Waals surface area contributed by atoms with Crippen LogP contribution in [0.2, 0.25) is 0 Å². The predicted octanol–water partition coefficient (Wildman–Crippen LogP) is 2.93. The van der Waals surface area contributed by atoms with E-state index in [1.165, 1.54) is 4.90 Å². The molecule has 12 nitrogen and oxygen atoms in total. The minimum Gasteiger partial charge on any atom is -0.363 e. The van der Waals surface area contributed by atoms with Crippen LogP contribution in [0.15, 0.2) is 0 Å². The molecule has 13 heteroatoms. The third-order valence-corrected chi connectivity index (χ3v) is 13.4. The number of rotatable bonds is 13. The second kappa shape index (κ2) is 13.3. The number of amides is 5. The molecule has 0 aromatic heterocycles. The maximum Gasteiger partial charge on any atom is 0.315 e. The first kappa shape index (κ1) is 38.7. The van der Waals surface area contributed by atoms with Gasteiger partial charge in [-0.2, -0.15) is 0 Å². The largest absolute Gasteiger partial charge is 0.363 e. The molecule has 0 aromatic rings. The zero-order valence-corrected chi connectivity index (χ0v) is 31.1. The van der Waals surface area contributed by atoms with Crippen molar-refractivity contribution in [1.82, 2.24) is 20.9 Å². The first-order valence-corrected chi connectivity index (χ1v) is 18.6. The van der Waals surface area contributed by atoms with Crippen LogP contribution in [0, 0.1) is 34.5 Å². The Labute approximate surface area is 281 Å². The Bertz CT molecular complexity index is 1360. The van der Waals surface area contributed by atoms with E-state index in [1.807, 2.05) is 48.5 Å². The van der Waals surface area contributed by atoms with Crippen molar-refractivity contribution in [2.45, 2.75) is 137 Å². The number of likely N-dealkylation sites (tertiary alicyclic amines) is 1. The zero-order valence-electron chi connectivity index (χ0n) is 30.3. The molecule has 1 heterocycles. The molecule has 5 N–H and O–H groups in total. The summed E-state index contributed by atoms with van der Waals surface area (Å²) in [6.45, 7) is 20.3. The van der Waals surface area contributed by atoms with Crippen LogP contribution in [0.5, 0.6) is 0 Å². The van der Waals surface area contributed by atoms with Crippen LogP contribution in [0.4, 0.5) is 4.79 Å². The van der Waals surface area contributed by atoms with Gasteiger partial charge in [-0.3, -0.25) is 19.2 Å². The summed E-state index contributed by atoms with van der Waals surface area (Å²) in [6, 6.07) is -3.69. The van der Waals surface area contributed by atoms with E-state index < -0.39 is 73.2 Å². The fraction of sp³-hybridized carbons (Fsp3) is 0.853. The quantitative estimate of drug-likeness (QED) is 0.215. The van der Waals surface area contributed by atoms with E-state index in [0.29, 0.717) is 19.4 Å². The van der Waals surface area contributed by atoms with Crippen LogP contribution >= 0.6 is 0 Å². The van der Waals surface area contributed by atoms with Gasteiger partial charge in [-0.05, 0) is 75.0 Å². The van der Waals surface area contributed by atoms with Crippen LogP contribution in [0.3, 0.4) is 0 Å². The molecule has 1 saturated heterocycles. The third kappa shape index (κ3) is 8.67. The summed E-state index contributed by atoms with van der Waals surface area (Å²) >= 11 is 0. The number of nitrogens with two attached hydrogens (primary N) is 1. The number of nitrogens with one attached hydrogen (secondary N) is 3. The molecular weight excluding hydrogens is 622 g/mol. The maximum absolute atomic E-state index is 14.4. The lowest BCUT2D eigenvalue weighted by Crippen LogP contribution is -2.63. The predicted molar refractivity (Wildman–Crippen MR) is 181 cm³/mol. The minimum absolute atomic E-state index is 0.0468. The van der Waals surface area contributed by atoms with Crippen molar-refractivity contribution < 1.29 is 32.4 Å². The first-order chi connectivity index (χ1) is 21.2. The lowest BCUT2D eigenvalue weighted by Gasteiger charge is -2.39. The Kier molecular flexibility index (Phi) is 11.0. The number of primary amides is 1. The van der Waals surface area contributed by atoms with Crippen molar-refractivity contribution in [1.29, 1.82) is 0 Å². The Morgan fingerprint density at radius 1 is 0.957 bits per heavy atom. The van der Waals surface area contributed by atoms with E-state index >= 15 is 0 Å². The van der Waals surface area contributed by atoms with E-state index in [9.17, 15) is 32.4 Å². The molecule has 268 valence electrons. The number of fused-ring (bicyclic) bond motifs is 1. The molecule has 2 aliphatic carbocycles. The van der Waals surface area contributed by atoms with Crippen molar-refractivity contribution in [2.75, 3.05) is 12.3 Å². The van der Waals surface area contributed by atoms with Gasteiger partial charge >= 0.3 is 6.03 Å². The SMILES string of the molecule is CC(C)C[C@@](C)(CS(=O)(=O)C(C)(C)C)NC(=O)N[C@@H](C(=O)N1CC2[C@@H]([C@H]1C(=O)NC(CC1CCC1)C(=O)C(N)=O)C2(C)C)C(C)(C)C. The fourth-order valence-corrected chi connectivity index (χ4v) is 8.94. The smallest absolute Gasteiger partial charge is 0.315 e. The zero-order chi connectivity index (χ0) is 36.1. The summed E-state index contributed by atoms with van der Waals surface area (Å²) in [5, 5.41) is 8.49. The highest BCUT2D eigenvalue weighted by Crippen LogP contribution is 2.65. The van der Waals surface area contributed by atoms with E-state index in [-0.39, 0.29) is 34.8 Å². The second-order valence-corrected chi connectivity index (χ2v) is 20.4. The molecule has 3 fully saturated rings. The molecule has 1 aliphatic heterocycles. The fourth-order valence-electron chi connectivity index (χ4n) is 7.47. The van der Waals surface area contributed by atoms with Crippen molar-refractivity contribution in [3.05, 3.63) is 0 Å². The van der Waals surface area contributed by atoms with Crippen molar-refractivity contribution in [3.8, 4) is 0 Å². The van der Waals surface area contributed by atoms with Crippen molar-refractivity contribution in [3.63, 3.8) is 0 Å². The van der Waals surface area contributed by atoms with Gasteiger partial charge in [-0.25, -0.2) is 13.2 Å². The van der Waals surface area contributed by atoms with E-state index in [4.69, 9.17) is 5.73 Å². The van der Waals surface area contributed by atoms with Crippen LogP contribution in [-0.2, 0) is 29.0 Å². The summed E-state index contributed by atoms with van der Waals surface area (Å²) in [7, 11) is -3.60. The number of nitrogens with zero attached hydrogens (tertiary/aromatic N) is 1. The number of Topliss-reactive ketones (excluding diaryl/α,β-unsaturated/α-hetero) is 1. The standard InChI is InChI=1S/C34H59N5O7S/c1-19(2)16-34(11,18-47(45,46)32(6,7)8)38-30(44)37-26(31(3,4)5)29(43)39-17-21-23(33(21,9)10)24(39)28(42)36-22(25(40)27(35)41)15-20-13-12-14-20/h19-24,26H,12-18H2,1-11H3,(H2,35,41)(H,36,42)(H2,37,38,44)/t21?,22?,23-,24-,26-,34-/m0/s1. The lowest BCUT2D eigenvalue weighted by atomic mass is 9.80. The Balaban J connectivity index is 1.86. The van der Waals surface area contributed by atoms with Gasteiger partial charge in [0.15, 0.2) is 9.84 Å². The number of sulfone groups is 1. The van der Waals surface area contributed by atoms with Gasteiger partial charge in [0, 0.05) is 6.54 Å². The van der Waals surface area contributed by atoms with Crippen LogP contribution in [-0.4, -0.2) is 83.6 Å². The molecule has 0 aromatic carbocycles. The van der Waals surface area contributed by atoms with Gasteiger partial charge in [0.05, 0.1) is 22.1 Å². The Hall–Kier alpha value is -2.70. The number of carbonyl (C=O) groups excluding carboxylic acids is 5. The molecule has 2 unspecified atom stereocenters. The number of piperidine rings is 1. The molecule has 0 radical (unpaired) electrons. The summed E-state index contributed by atoms with van der Waals surface area (Å²) < 4.78 is 25.4. The molecule has 0 bridgehead atoms. The Morgan fingerprint density at radius 3 is 1.98 bits per heavy atom. The minimum atomic E-state index is -3.60. The number of urea groups is 1. The number of hydrogen-bond acceptors (Lipinski definition) is 7. The molecular formula is C34H59N5O7S. The monoisotopic (exact) mass is 681 g/mol. The highest BCUT2D eigenvalue weighted by atomic mass is 32.2. The summed E-state index contributed by atoms with van der Waals surface area (Å²) in [6.07, 6.45) is 3.55. The number of carbonyl (C=O) groups is 5. The molecule has 47 heavy (non-hydrogen) atoms. The van der Waals surface area contributed by atoms with Gasteiger partial charge in [0.2, 0.25) is 17.6 Å². The normalized spacial score (nSPS) is 25.1. The molecule has 3 aliphatic rings. The molecule has 6 atom stereocenters. The van der Waals surface area contributed by atoms with E-state index in [0.717, 1.165) is 19.3 Å². The maximum atomic E-state index is 14.4. The Morgan fingerprint density at radius 2 is 1.53 bits per heavy atom.